The molecule has 0 aliphatic carbocycles. The number of unbranched alkanes of at least 4 members (excludes halogenated alkanes) is 14. The molecule has 0 rings (SSSR count). The van der Waals surface area contributed by atoms with Gasteiger partial charge in [0.2, 0.25) is 0 Å². The SMILES string of the molecule is CCCCCCCCCC[Si](CCCCCCCCCC)(OCCOCC)OCCOCC. The molecule has 0 fully saturated rings. The van der Waals surface area contributed by atoms with Crippen LogP contribution in [0.1, 0.15) is 130 Å². The van der Waals surface area contributed by atoms with Crippen molar-refractivity contribution < 1.29 is 18.3 Å². The Bertz CT molecular complexity index is 334. The molecule has 0 saturated heterocycles. The number of hydrogen-bond acceptors (Lipinski definition) is 4. The van der Waals surface area contributed by atoms with Crippen LogP contribution in [-0.2, 0) is 18.3 Å². The lowest BCUT2D eigenvalue weighted by Crippen LogP contribution is -2.44. The van der Waals surface area contributed by atoms with E-state index in [4.69, 9.17) is 18.3 Å². The van der Waals surface area contributed by atoms with Gasteiger partial charge in [0, 0.05) is 13.2 Å². The molecule has 200 valence electrons. The monoisotopic (exact) mass is 488 g/mol. The smallest absolute Gasteiger partial charge is 0.338 e. The van der Waals surface area contributed by atoms with Crippen molar-refractivity contribution >= 4 is 8.56 Å². The van der Waals surface area contributed by atoms with Gasteiger partial charge in [0.1, 0.15) is 0 Å². The van der Waals surface area contributed by atoms with Crippen molar-refractivity contribution in [2.24, 2.45) is 0 Å². The Kier molecular flexibility index (Phi) is 26.7. The van der Waals surface area contributed by atoms with E-state index in [1.165, 1.54) is 103 Å². The zero-order chi connectivity index (χ0) is 24.3. The molecule has 0 aromatic heterocycles. The van der Waals surface area contributed by atoms with Gasteiger partial charge in [-0.25, -0.2) is 0 Å². The first kappa shape index (κ1) is 33.1. The minimum absolute atomic E-state index is 0.669. The van der Waals surface area contributed by atoms with Crippen molar-refractivity contribution in [2.45, 2.75) is 143 Å². The van der Waals surface area contributed by atoms with E-state index in [1.807, 2.05) is 13.8 Å². The molecule has 0 amide bonds. The minimum Gasteiger partial charge on any atom is -0.392 e. The van der Waals surface area contributed by atoms with E-state index in [2.05, 4.69) is 13.8 Å². The standard InChI is InChI=1S/C28H60O4Si/c1-5-9-11-13-15-17-19-21-27-33(31-25-23-29-7-3,32-26-24-30-8-4)28-22-20-18-16-14-12-10-6-2/h5-28H2,1-4H3. The lowest BCUT2D eigenvalue weighted by molar-refractivity contribution is 0.0636. The molecule has 0 bridgehead atoms. The summed E-state index contributed by atoms with van der Waals surface area (Å²) in [6, 6.07) is 2.24. The third kappa shape index (κ3) is 22.3. The maximum atomic E-state index is 6.57. The Morgan fingerprint density at radius 1 is 0.394 bits per heavy atom. The summed E-state index contributed by atoms with van der Waals surface area (Å²) in [5.74, 6) is 0. The van der Waals surface area contributed by atoms with E-state index >= 15 is 0 Å². The van der Waals surface area contributed by atoms with E-state index in [1.54, 1.807) is 0 Å². The first-order chi connectivity index (χ1) is 16.2. The van der Waals surface area contributed by atoms with E-state index in [0.29, 0.717) is 26.4 Å². The zero-order valence-corrected chi connectivity index (χ0v) is 24.1. The molecular formula is C28H60O4Si. The maximum absolute atomic E-state index is 6.57. The van der Waals surface area contributed by atoms with Crippen molar-refractivity contribution in [3.8, 4) is 0 Å². The molecule has 0 atom stereocenters. The zero-order valence-electron chi connectivity index (χ0n) is 23.1. The Morgan fingerprint density at radius 3 is 1.06 bits per heavy atom. The van der Waals surface area contributed by atoms with Gasteiger partial charge in [-0.15, -0.1) is 0 Å². The summed E-state index contributed by atoms with van der Waals surface area (Å²) in [6.07, 6.45) is 21.5. The van der Waals surface area contributed by atoms with Crippen LogP contribution in [-0.4, -0.2) is 48.2 Å². The minimum atomic E-state index is -2.22. The van der Waals surface area contributed by atoms with Gasteiger partial charge in [-0.1, -0.05) is 117 Å². The van der Waals surface area contributed by atoms with Crippen LogP contribution in [0.2, 0.25) is 12.1 Å². The van der Waals surface area contributed by atoms with Crippen LogP contribution in [0.4, 0.5) is 0 Å². The van der Waals surface area contributed by atoms with Crippen molar-refractivity contribution in [3.05, 3.63) is 0 Å². The topological polar surface area (TPSA) is 36.9 Å². The molecule has 0 N–H and O–H groups in total. The molecule has 0 saturated carbocycles. The van der Waals surface area contributed by atoms with Crippen molar-refractivity contribution in [3.63, 3.8) is 0 Å². The first-order valence-corrected chi connectivity index (χ1v) is 16.9. The second-order valence-corrected chi connectivity index (χ2v) is 12.8. The van der Waals surface area contributed by atoms with E-state index in [0.717, 1.165) is 25.3 Å². The highest BCUT2D eigenvalue weighted by atomic mass is 28.4. The predicted octanol–water partition coefficient (Wildman–Crippen LogP) is 8.82. The third-order valence-corrected chi connectivity index (χ3v) is 10.1. The highest BCUT2D eigenvalue weighted by Crippen LogP contribution is 2.27. The Hall–Kier alpha value is 0.0569. The molecule has 33 heavy (non-hydrogen) atoms. The van der Waals surface area contributed by atoms with E-state index < -0.39 is 8.56 Å². The van der Waals surface area contributed by atoms with Crippen LogP contribution in [0.15, 0.2) is 0 Å². The van der Waals surface area contributed by atoms with Crippen molar-refractivity contribution in [2.75, 3.05) is 39.6 Å². The summed E-state index contributed by atoms with van der Waals surface area (Å²) < 4.78 is 24.3. The fourth-order valence-electron chi connectivity index (χ4n) is 4.37. The van der Waals surface area contributed by atoms with Crippen LogP contribution in [0.5, 0.6) is 0 Å². The fourth-order valence-corrected chi connectivity index (χ4v) is 7.77. The largest absolute Gasteiger partial charge is 0.392 e. The van der Waals surface area contributed by atoms with E-state index in [9.17, 15) is 0 Å². The Labute approximate surface area is 209 Å². The molecule has 5 heteroatoms. The fraction of sp³-hybridized carbons (Fsp3) is 1.00. The van der Waals surface area contributed by atoms with Gasteiger partial charge in [0.05, 0.1) is 26.4 Å². The first-order valence-electron chi connectivity index (χ1n) is 14.7. The molecule has 0 heterocycles. The van der Waals surface area contributed by atoms with Crippen LogP contribution in [0, 0.1) is 0 Å². The van der Waals surface area contributed by atoms with Gasteiger partial charge in [0.15, 0.2) is 0 Å². The van der Waals surface area contributed by atoms with Gasteiger partial charge in [0.25, 0.3) is 0 Å². The van der Waals surface area contributed by atoms with Crippen LogP contribution < -0.4 is 0 Å². The average molecular weight is 489 g/mol. The lowest BCUT2D eigenvalue weighted by atomic mass is 10.1. The molecule has 0 aliphatic rings. The van der Waals surface area contributed by atoms with Gasteiger partial charge in [-0.2, -0.15) is 0 Å². The van der Waals surface area contributed by atoms with Gasteiger partial charge in [-0.3, -0.25) is 0 Å². The maximum Gasteiger partial charge on any atom is 0.338 e. The number of hydrogen-bond donors (Lipinski definition) is 0. The van der Waals surface area contributed by atoms with Gasteiger partial charge >= 0.3 is 8.56 Å². The normalized spacial score (nSPS) is 12.0. The predicted molar refractivity (Wildman–Crippen MR) is 145 cm³/mol. The Balaban J connectivity index is 4.58. The lowest BCUT2D eigenvalue weighted by Gasteiger charge is -2.31. The second-order valence-electron chi connectivity index (χ2n) is 9.45. The van der Waals surface area contributed by atoms with Crippen LogP contribution in [0.25, 0.3) is 0 Å². The molecular weight excluding hydrogens is 428 g/mol. The summed E-state index contributed by atoms with van der Waals surface area (Å²) in [4.78, 5) is 0. The molecule has 0 aromatic carbocycles. The highest BCUT2D eigenvalue weighted by Gasteiger charge is 2.36. The van der Waals surface area contributed by atoms with Crippen molar-refractivity contribution in [1.29, 1.82) is 0 Å². The summed E-state index contributed by atoms with van der Waals surface area (Å²) in [5.41, 5.74) is 0. The highest BCUT2D eigenvalue weighted by molar-refractivity contribution is 6.67. The van der Waals surface area contributed by atoms with Crippen molar-refractivity contribution in [1.82, 2.24) is 0 Å². The average Bonchev–Trinajstić information content (AvgIpc) is 2.83. The summed E-state index contributed by atoms with van der Waals surface area (Å²) in [5, 5.41) is 0. The van der Waals surface area contributed by atoms with Crippen LogP contribution in [0.3, 0.4) is 0 Å². The molecule has 0 radical (unpaired) electrons. The molecule has 0 aliphatic heterocycles. The number of ether oxygens (including phenoxy) is 2. The van der Waals surface area contributed by atoms with Crippen LogP contribution >= 0.6 is 0 Å². The summed E-state index contributed by atoms with van der Waals surface area (Å²) in [6.45, 7) is 12.9. The Morgan fingerprint density at radius 2 is 0.727 bits per heavy atom. The third-order valence-electron chi connectivity index (χ3n) is 6.42. The summed E-state index contributed by atoms with van der Waals surface area (Å²) in [7, 11) is -2.22. The molecule has 0 spiro atoms. The molecule has 0 aromatic rings. The van der Waals surface area contributed by atoms with Gasteiger partial charge < -0.3 is 18.3 Å². The van der Waals surface area contributed by atoms with E-state index in [-0.39, 0.29) is 0 Å². The quantitative estimate of drug-likeness (QED) is 0.0814. The van der Waals surface area contributed by atoms with Gasteiger partial charge in [-0.05, 0) is 25.9 Å². The number of rotatable bonds is 28. The molecule has 4 nitrogen and oxygen atoms in total. The second kappa shape index (κ2) is 26.7. The summed E-state index contributed by atoms with van der Waals surface area (Å²) >= 11 is 0. The molecule has 0 unspecified atom stereocenters.